The summed E-state index contributed by atoms with van der Waals surface area (Å²) < 4.78 is 0.873. The molecule has 2 aromatic rings. The Morgan fingerprint density at radius 3 is 2.37 bits per heavy atom. The second-order valence-corrected chi connectivity index (χ2v) is 7.05. The molecule has 8 nitrogen and oxygen atoms in total. The molecule has 0 aliphatic heterocycles. The Morgan fingerprint density at radius 1 is 1.19 bits per heavy atom. The Hall–Kier alpha value is -2.90. The number of nitrogens with one attached hydrogen (secondary N) is 2. The van der Waals surface area contributed by atoms with Gasteiger partial charge in [0.1, 0.15) is 12.1 Å². The fraction of sp³-hybridized carbons (Fsp3) is 0.474. The highest BCUT2D eigenvalue weighted by Gasteiger charge is 2.33. The van der Waals surface area contributed by atoms with E-state index in [1.807, 2.05) is 6.92 Å². The number of carbonyl (C=O) groups is 2. The minimum absolute atomic E-state index is 0.285. The van der Waals surface area contributed by atoms with Crippen molar-refractivity contribution in [2.75, 3.05) is 0 Å². The van der Waals surface area contributed by atoms with E-state index < -0.39 is 41.1 Å². The number of rotatable bonds is 7. The molecule has 27 heavy (non-hydrogen) atoms. The quantitative estimate of drug-likeness (QED) is 0.677. The zero-order valence-corrected chi connectivity index (χ0v) is 15.9. The Labute approximate surface area is 156 Å². The topological polar surface area (TPSA) is 121 Å². The average Bonchev–Trinajstić information content (AvgIpc) is 2.61. The van der Waals surface area contributed by atoms with Crippen molar-refractivity contribution in [1.82, 2.24) is 14.9 Å². The first-order chi connectivity index (χ1) is 12.7. The molecule has 0 saturated carbocycles. The van der Waals surface area contributed by atoms with Gasteiger partial charge in [-0.3, -0.25) is 9.59 Å². The van der Waals surface area contributed by atoms with E-state index in [2.05, 4.69) is 10.3 Å². The van der Waals surface area contributed by atoms with Gasteiger partial charge in [-0.25, -0.2) is 14.2 Å². The second kappa shape index (κ2) is 8.20. The monoisotopic (exact) mass is 375 g/mol. The minimum Gasteiger partial charge on any atom is -0.480 e. The number of hydrogen-bond acceptors (Lipinski definition) is 4. The molecule has 0 aliphatic rings. The predicted molar refractivity (Wildman–Crippen MR) is 102 cm³/mol. The van der Waals surface area contributed by atoms with Crippen LogP contribution in [0.2, 0.25) is 0 Å². The molecule has 0 unspecified atom stereocenters. The molecule has 3 atom stereocenters. The van der Waals surface area contributed by atoms with E-state index in [1.54, 1.807) is 45.0 Å². The third-order valence-corrected chi connectivity index (χ3v) is 4.79. The Morgan fingerprint density at radius 2 is 1.81 bits per heavy atom. The molecule has 1 heterocycles. The van der Waals surface area contributed by atoms with Gasteiger partial charge < -0.3 is 15.4 Å². The number of hydrogen-bond donors (Lipinski definition) is 3. The summed E-state index contributed by atoms with van der Waals surface area (Å²) in [5.41, 5.74) is -0.906. The van der Waals surface area contributed by atoms with Crippen molar-refractivity contribution in [2.45, 2.75) is 46.2 Å². The van der Waals surface area contributed by atoms with E-state index in [-0.39, 0.29) is 11.3 Å². The standard InChI is InChI=1S/C19H25N3O5/c1-5-11(4)14(18(25)26)21-16(23)15(10(2)3)22-17(24)12-8-6-7-9-13(12)20-19(22)27/h6-11,14-15H,5H2,1-4H3,(H,20,27)(H,21,23)(H,25,26)/t11-,14+,15+/m0/s1. The van der Waals surface area contributed by atoms with E-state index in [4.69, 9.17) is 0 Å². The fourth-order valence-corrected chi connectivity index (χ4v) is 3.07. The van der Waals surface area contributed by atoms with E-state index in [9.17, 15) is 24.3 Å². The number of aliphatic carboxylic acids is 1. The van der Waals surface area contributed by atoms with Crippen LogP contribution < -0.4 is 16.6 Å². The number of aromatic nitrogens is 2. The van der Waals surface area contributed by atoms with Gasteiger partial charge in [-0.1, -0.05) is 46.2 Å². The van der Waals surface area contributed by atoms with Gasteiger partial charge in [0.2, 0.25) is 5.91 Å². The van der Waals surface area contributed by atoms with Crippen LogP contribution in [0.5, 0.6) is 0 Å². The van der Waals surface area contributed by atoms with Crippen LogP contribution in [0, 0.1) is 11.8 Å². The summed E-state index contributed by atoms with van der Waals surface area (Å²) in [4.78, 5) is 52.4. The summed E-state index contributed by atoms with van der Waals surface area (Å²) in [5, 5.41) is 12.2. The lowest BCUT2D eigenvalue weighted by atomic mass is 9.97. The molecule has 1 aromatic carbocycles. The SMILES string of the molecule is CC[C@H](C)[C@@H](NC(=O)[C@@H](C(C)C)n1c(=O)[nH]c2ccccc2c1=O)C(=O)O. The number of amides is 1. The first-order valence-corrected chi connectivity index (χ1v) is 8.95. The number of carboxylic acid groups (broad SMARTS) is 1. The number of nitrogens with zero attached hydrogens (tertiary/aromatic N) is 1. The highest BCUT2D eigenvalue weighted by molar-refractivity contribution is 5.86. The van der Waals surface area contributed by atoms with Gasteiger partial charge in [0.05, 0.1) is 10.9 Å². The van der Waals surface area contributed by atoms with Crippen molar-refractivity contribution in [1.29, 1.82) is 0 Å². The fourth-order valence-electron chi connectivity index (χ4n) is 3.07. The molecular weight excluding hydrogens is 350 g/mol. The number of fused-ring (bicyclic) bond motifs is 1. The number of aromatic amines is 1. The maximum Gasteiger partial charge on any atom is 0.329 e. The van der Waals surface area contributed by atoms with Gasteiger partial charge in [0.15, 0.2) is 0 Å². The number of carboxylic acids is 1. The molecule has 0 bridgehead atoms. The van der Waals surface area contributed by atoms with Gasteiger partial charge in [0, 0.05) is 0 Å². The largest absolute Gasteiger partial charge is 0.480 e. The molecule has 0 fully saturated rings. The van der Waals surface area contributed by atoms with Gasteiger partial charge in [0.25, 0.3) is 5.56 Å². The van der Waals surface area contributed by atoms with Crippen LogP contribution in [0.3, 0.4) is 0 Å². The first-order valence-electron chi connectivity index (χ1n) is 8.95. The zero-order chi connectivity index (χ0) is 20.3. The molecular formula is C19H25N3O5. The van der Waals surface area contributed by atoms with Crippen LogP contribution in [0.4, 0.5) is 0 Å². The summed E-state index contributed by atoms with van der Waals surface area (Å²) in [5.74, 6) is -2.53. The van der Waals surface area contributed by atoms with Crippen LogP contribution in [0.1, 0.15) is 40.2 Å². The molecule has 0 spiro atoms. The highest BCUT2D eigenvalue weighted by atomic mass is 16.4. The minimum atomic E-state index is -1.15. The lowest BCUT2D eigenvalue weighted by Crippen LogP contribution is -2.52. The normalized spacial score (nSPS) is 14.7. The van der Waals surface area contributed by atoms with Gasteiger partial charge in [-0.2, -0.15) is 0 Å². The Balaban J connectivity index is 2.54. The zero-order valence-electron chi connectivity index (χ0n) is 15.9. The number of H-pyrrole nitrogens is 1. The van der Waals surface area contributed by atoms with Crippen molar-refractivity contribution >= 4 is 22.8 Å². The molecule has 0 saturated heterocycles. The van der Waals surface area contributed by atoms with Crippen LogP contribution in [0.25, 0.3) is 10.9 Å². The molecule has 0 aliphatic carbocycles. The van der Waals surface area contributed by atoms with Crippen LogP contribution >= 0.6 is 0 Å². The maximum absolute atomic E-state index is 12.9. The van der Waals surface area contributed by atoms with E-state index in [0.717, 1.165) is 4.57 Å². The molecule has 2 rings (SSSR count). The summed E-state index contributed by atoms with van der Waals surface area (Å²) in [7, 11) is 0. The van der Waals surface area contributed by atoms with E-state index >= 15 is 0 Å². The third kappa shape index (κ3) is 4.10. The predicted octanol–water partition coefficient (Wildman–Crippen LogP) is 1.50. The van der Waals surface area contributed by atoms with Crippen LogP contribution in [-0.2, 0) is 9.59 Å². The molecule has 1 aromatic heterocycles. The summed E-state index contributed by atoms with van der Waals surface area (Å²) >= 11 is 0. The first kappa shape index (κ1) is 20.4. The lowest BCUT2D eigenvalue weighted by Gasteiger charge is -2.26. The highest BCUT2D eigenvalue weighted by Crippen LogP contribution is 2.17. The third-order valence-electron chi connectivity index (χ3n) is 4.79. The molecule has 3 N–H and O–H groups in total. The Bertz CT molecular complexity index is 960. The number of carbonyl (C=O) groups excluding carboxylic acids is 1. The molecule has 146 valence electrons. The van der Waals surface area contributed by atoms with Crippen molar-refractivity contribution in [3.05, 3.63) is 45.1 Å². The number of para-hydroxylation sites is 1. The van der Waals surface area contributed by atoms with E-state index in [0.29, 0.717) is 11.9 Å². The van der Waals surface area contributed by atoms with Crippen molar-refractivity contribution < 1.29 is 14.7 Å². The summed E-state index contributed by atoms with van der Waals surface area (Å²) in [6.07, 6.45) is 0.556. The maximum atomic E-state index is 12.9. The molecule has 1 amide bonds. The van der Waals surface area contributed by atoms with Gasteiger partial charge in [-0.15, -0.1) is 0 Å². The van der Waals surface area contributed by atoms with Crippen molar-refractivity contribution in [3.63, 3.8) is 0 Å². The van der Waals surface area contributed by atoms with Crippen molar-refractivity contribution in [3.8, 4) is 0 Å². The average molecular weight is 375 g/mol. The van der Waals surface area contributed by atoms with Gasteiger partial charge >= 0.3 is 11.7 Å². The lowest BCUT2D eigenvalue weighted by molar-refractivity contribution is -0.144. The van der Waals surface area contributed by atoms with Crippen molar-refractivity contribution in [2.24, 2.45) is 11.8 Å². The second-order valence-electron chi connectivity index (χ2n) is 7.05. The summed E-state index contributed by atoms with van der Waals surface area (Å²) in [6, 6.07) is 4.31. The summed E-state index contributed by atoms with van der Waals surface area (Å²) in [6.45, 7) is 6.94. The van der Waals surface area contributed by atoms with Crippen LogP contribution in [0.15, 0.2) is 33.9 Å². The smallest absolute Gasteiger partial charge is 0.329 e. The molecule has 8 heteroatoms. The Kier molecular flexibility index (Phi) is 6.20. The number of benzene rings is 1. The van der Waals surface area contributed by atoms with E-state index in [1.165, 1.54) is 0 Å². The van der Waals surface area contributed by atoms with Crippen LogP contribution in [-0.4, -0.2) is 32.6 Å². The molecule has 0 radical (unpaired) electrons. The van der Waals surface area contributed by atoms with Gasteiger partial charge in [-0.05, 0) is 24.0 Å².